The fourth-order valence-corrected chi connectivity index (χ4v) is 2.56. The molecule has 0 aliphatic carbocycles. The highest BCUT2D eigenvalue weighted by molar-refractivity contribution is 6.28. The molecule has 2 rings (SSSR count). The number of carbonyl (C=O) groups excluding carboxylic acids is 1. The molecule has 0 saturated carbocycles. The summed E-state index contributed by atoms with van der Waals surface area (Å²) in [4.78, 5) is 12.0. The van der Waals surface area contributed by atoms with Crippen LogP contribution in [0.15, 0.2) is 54.6 Å². The van der Waals surface area contributed by atoms with Gasteiger partial charge in [0.25, 0.3) is 0 Å². The number of ketones is 1. The number of carbonyl (C=O) groups is 1. The zero-order valence-electron chi connectivity index (χ0n) is 13.7. The van der Waals surface area contributed by atoms with Crippen LogP contribution in [-0.4, -0.2) is 38.0 Å². The number of rotatable bonds is 10. The Labute approximate surface area is 147 Å². The molecule has 0 aliphatic rings. The van der Waals surface area contributed by atoms with Crippen LogP contribution in [0.3, 0.4) is 0 Å². The monoisotopic (exact) mass is 347 g/mol. The molecule has 128 valence electrons. The number of halogens is 1. The van der Waals surface area contributed by atoms with Gasteiger partial charge in [-0.05, 0) is 24.1 Å². The number of alkyl halides is 1. The molecule has 1 atom stereocenters. The molecule has 24 heavy (non-hydrogen) atoms. The van der Waals surface area contributed by atoms with Gasteiger partial charge in [0.15, 0.2) is 17.3 Å². The van der Waals surface area contributed by atoms with Crippen molar-refractivity contribution in [2.45, 2.75) is 12.5 Å². The molecule has 0 aromatic heterocycles. The molecule has 0 radical (unpaired) electrons. The summed E-state index contributed by atoms with van der Waals surface area (Å²) in [6.45, 7) is 0.972. The van der Waals surface area contributed by atoms with Crippen LogP contribution in [0.4, 0.5) is 0 Å². The lowest BCUT2D eigenvalue weighted by molar-refractivity contribution is -0.118. The summed E-state index contributed by atoms with van der Waals surface area (Å²) in [6.07, 6.45) is 0.612. The van der Waals surface area contributed by atoms with E-state index in [1.807, 2.05) is 54.6 Å². The highest BCUT2D eigenvalue weighted by atomic mass is 35.5. The Morgan fingerprint density at radius 1 is 1.08 bits per heavy atom. The summed E-state index contributed by atoms with van der Waals surface area (Å²) in [5.74, 6) is 1.36. The number of nitrogens with one attached hydrogen (secondary N) is 1. The quantitative estimate of drug-likeness (QED) is 0.530. The van der Waals surface area contributed by atoms with Crippen LogP contribution in [0, 0.1) is 0 Å². The molecule has 1 N–H and O–H groups in total. The van der Waals surface area contributed by atoms with Crippen molar-refractivity contribution in [3.8, 4) is 11.5 Å². The number of Topliss-reactive ketones (excluding diaryl/α,β-unsaturated/α-hetero) is 1. The van der Waals surface area contributed by atoms with Gasteiger partial charge in [0.2, 0.25) is 0 Å². The summed E-state index contributed by atoms with van der Waals surface area (Å²) in [5, 5.41) is 3.23. The lowest BCUT2D eigenvalue weighted by Crippen LogP contribution is -2.41. The molecular weight excluding hydrogens is 326 g/mol. The van der Waals surface area contributed by atoms with E-state index in [2.05, 4.69) is 5.32 Å². The van der Waals surface area contributed by atoms with Crippen LogP contribution in [0.2, 0.25) is 0 Å². The minimum atomic E-state index is -0.314. The molecular formula is C19H22ClNO3. The number of para-hydroxylation sites is 2. The van der Waals surface area contributed by atoms with Crippen LogP contribution in [0.25, 0.3) is 0 Å². The number of benzene rings is 2. The first-order chi connectivity index (χ1) is 11.7. The number of hydrogen-bond acceptors (Lipinski definition) is 4. The molecule has 0 spiro atoms. The second kappa shape index (κ2) is 9.96. The average Bonchev–Trinajstić information content (AvgIpc) is 2.64. The Bertz CT molecular complexity index is 634. The second-order valence-electron chi connectivity index (χ2n) is 5.30. The Balaban J connectivity index is 1.85. The van der Waals surface area contributed by atoms with E-state index in [9.17, 15) is 4.79 Å². The Morgan fingerprint density at radius 2 is 1.75 bits per heavy atom. The van der Waals surface area contributed by atoms with E-state index in [1.165, 1.54) is 0 Å². The summed E-state index contributed by atoms with van der Waals surface area (Å²) < 4.78 is 11.0. The van der Waals surface area contributed by atoms with Crippen LogP contribution in [0.1, 0.15) is 5.56 Å². The fourth-order valence-electron chi connectivity index (χ4n) is 2.37. The van der Waals surface area contributed by atoms with Gasteiger partial charge in [-0.2, -0.15) is 0 Å². The predicted molar refractivity (Wildman–Crippen MR) is 96.2 cm³/mol. The summed E-state index contributed by atoms with van der Waals surface area (Å²) in [6, 6.07) is 17.0. The van der Waals surface area contributed by atoms with Crippen LogP contribution >= 0.6 is 11.6 Å². The van der Waals surface area contributed by atoms with Gasteiger partial charge in [0, 0.05) is 6.54 Å². The highest BCUT2D eigenvalue weighted by Crippen LogP contribution is 2.25. The van der Waals surface area contributed by atoms with Crippen molar-refractivity contribution in [3.63, 3.8) is 0 Å². The lowest BCUT2D eigenvalue weighted by atomic mass is 10.0. The van der Waals surface area contributed by atoms with Crippen molar-refractivity contribution in [1.82, 2.24) is 5.32 Å². The topological polar surface area (TPSA) is 47.6 Å². The first-order valence-electron chi connectivity index (χ1n) is 7.86. The molecule has 0 saturated heterocycles. The second-order valence-corrected chi connectivity index (χ2v) is 5.56. The zero-order valence-corrected chi connectivity index (χ0v) is 14.5. The maximum atomic E-state index is 12.0. The normalized spacial score (nSPS) is 11.8. The minimum Gasteiger partial charge on any atom is -0.493 e. The SMILES string of the molecule is COc1ccccc1OCCNC(Cc1ccccc1)C(=O)CCl. The smallest absolute Gasteiger partial charge is 0.164 e. The molecule has 1 unspecified atom stereocenters. The molecule has 0 heterocycles. The molecule has 0 aliphatic heterocycles. The third-order valence-corrected chi connectivity index (χ3v) is 3.89. The van der Waals surface area contributed by atoms with Crippen LogP contribution in [-0.2, 0) is 11.2 Å². The standard InChI is InChI=1S/C19H22ClNO3/c1-23-18-9-5-6-10-19(18)24-12-11-21-16(17(22)14-20)13-15-7-3-2-4-8-15/h2-10,16,21H,11-14H2,1H3. The molecule has 2 aromatic rings. The Hall–Kier alpha value is -2.04. The van der Waals surface area contributed by atoms with Gasteiger partial charge < -0.3 is 14.8 Å². The van der Waals surface area contributed by atoms with E-state index >= 15 is 0 Å². The molecule has 2 aromatic carbocycles. The van der Waals surface area contributed by atoms with E-state index in [-0.39, 0.29) is 17.7 Å². The molecule has 0 bridgehead atoms. The number of hydrogen-bond donors (Lipinski definition) is 1. The summed E-state index contributed by atoms with van der Waals surface area (Å²) >= 11 is 5.72. The van der Waals surface area contributed by atoms with Gasteiger partial charge in [-0.1, -0.05) is 42.5 Å². The van der Waals surface area contributed by atoms with Gasteiger partial charge in [0.05, 0.1) is 19.0 Å². The third-order valence-electron chi connectivity index (χ3n) is 3.62. The lowest BCUT2D eigenvalue weighted by Gasteiger charge is -2.17. The van der Waals surface area contributed by atoms with E-state index in [0.29, 0.717) is 31.1 Å². The third kappa shape index (κ3) is 5.55. The van der Waals surface area contributed by atoms with Gasteiger partial charge in [0.1, 0.15) is 6.61 Å². The van der Waals surface area contributed by atoms with Gasteiger partial charge in [-0.25, -0.2) is 0 Å². The van der Waals surface area contributed by atoms with E-state index in [1.54, 1.807) is 7.11 Å². The Morgan fingerprint density at radius 3 is 2.42 bits per heavy atom. The van der Waals surface area contributed by atoms with Gasteiger partial charge in [-0.3, -0.25) is 4.79 Å². The zero-order chi connectivity index (χ0) is 17.2. The maximum Gasteiger partial charge on any atom is 0.164 e. The van der Waals surface area contributed by atoms with Gasteiger partial charge >= 0.3 is 0 Å². The first kappa shape index (κ1) is 18.3. The largest absolute Gasteiger partial charge is 0.493 e. The summed E-state index contributed by atoms with van der Waals surface area (Å²) in [5.41, 5.74) is 1.10. The van der Waals surface area contributed by atoms with E-state index in [4.69, 9.17) is 21.1 Å². The van der Waals surface area contributed by atoms with E-state index in [0.717, 1.165) is 5.56 Å². The Kier molecular flexibility index (Phi) is 7.59. The van der Waals surface area contributed by atoms with Crippen molar-refractivity contribution < 1.29 is 14.3 Å². The van der Waals surface area contributed by atoms with Crippen molar-refractivity contribution in [1.29, 1.82) is 0 Å². The molecule has 0 fully saturated rings. The van der Waals surface area contributed by atoms with Crippen molar-refractivity contribution in [3.05, 3.63) is 60.2 Å². The van der Waals surface area contributed by atoms with Crippen molar-refractivity contribution in [2.24, 2.45) is 0 Å². The predicted octanol–water partition coefficient (Wildman–Crippen LogP) is 3.08. The first-order valence-corrected chi connectivity index (χ1v) is 8.40. The summed E-state index contributed by atoms with van der Waals surface area (Å²) in [7, 11) is 1.61. The number of ether oxygens (including phenoxy) is 2. The fraction of sp³-hybridized carbons (Fsp3) is 0.316. The average molecular weight is 348 g/mol. The minimum absolute atomic E-state index is 0.00212. The van der Waals surface area contributed by atoms with Crippen molar-refractivity contribution in [2.75, 3.05) is 26.1 Å². The molecule has 0 amide bonds. The van der Waals surface area contributed by atoms with Crippen LogP contribution in [0.5, 0.6) is 11.5 Å². The number of methoxy groups -OCH3 is 1. The molecule has 4 nitrogen and oxygen atoms in total. The van der Waals surface area contributed by atoms with E-state index < -0.39 is 0 Å². The van der Waals surface area contributed by atoms with Crippen molar-refractivity contribution >= 4 is 17.4 Å². The van der Waals surface area contributed by atoms with Crippen LogP contribution < -0.4 is 14.8 Å². The maximum absolute atomic E-state index is 12.0. The van der Waals surface area contributed by atoms with Gasteiger partial charge in [-0.15, -0.1) is 11.6 Å². The molecule has 5 heteroatoms. The highest BCUT2D eigenvalue weighted by Gasteiger charge is 2.17.